The first-order chi connectivity index (χ1) is 9.44. The molecule has 0 spiro atoms. The summed E-state index contributed by atoms with van der Waals surface area (Å²) in [4.78, 5) is 12.1. The van der Waals surface area contributed by atoms with Crippen LogP contribution in [0.25, 0.3) is 0 Å². The molecule has 1 aliphatic heterocycles. The van der Waals surface area contributed by atoms with Crippen molar-refractivity contribution in [3.63, 3.8) is 0 Å². The second-order valence-electron chi connectivity index (χ2n) is 5.45. The smallest absolute Gasteiger partial charge is 0.240 e. The van der Waals surface area contributed by atoms with Crippen molar-refractivity contribution in [1.82, 2.24) is 5.32 Å². The Kier molecular flexibility index (Phi) is 4.32. The minimum atomic E-state index is -1.03. The first-order valence-electron chi connectivity index (χ1n) is 6.53. The van der Waals surface area contributed by atoms with Crippen molar-refractivity contribution in [2.45, 2.75) is 32.4 Å². The van der Waals surface area contributed by atoms with Crippen LogP contribution >= 0.6 is 11.6 Å². The van der Waals surface area contributed by atoms with Crippen LogP contribution in [0, 0.1) is 16.7 Å². The summed E-state index contributed by atoms with van der Waals surface area (Å²) >= 11 is 5.87. The highest BCUT2D eigenvalue weighted by Crippen LogP contribution is 2.30. The minimum absolute atomic E-state index is 0.115. The summed E-state index contributed by atoms with van der Waals surface area (Å²) in [6, 6.07) is 9.29. The van der Waals surface area contributed by atoms with Crippen LogP contribution in [0.15, 0.2) is 24.3 Å². The third-order valence-corrected chi connectivity index (χ3v) is 3.71. The maximum absolute atomic E-state index is 12.1. The van der Waals surface area contributed by atoms with E-state index in [2.05, 4.69) is 5.32 Å². The molecular formula is C15H17ClN2O2. The third kappa shape index (κ3) is 3.12. The predicted octanol–water partition coefficient (Wildman–Crippen LogP) is 2.84. The molecular weight excluding hydrogens is 276 g/mol. The lowest BCUT2D eigenvalue weighted by molar-refractivity contribution is -0.128. The van der Waals surface area contributed by atoms with Crippen molar-refractivity contribution < 1.29 is 9.53 Å². The van der Waals surface area contributed by atoms with Gasteiger partial charge in [-0.3, -0.25) is 4.79 Å². The lowest BCUT2D eigenvalue weighted by Crippen LogP contribution is -2.43. The Hall–Kier alpha value is -1.57. The van der Waals surface area contributed by atoms with Gasteiger partial charge in [0.25, 0.3) is 0 Å². The Balaban J connectivity index is 2.10. The summed E-state index contributed by atoms with van der Waals surface area (Å²) in [6.45, 7) is 3.80. The lowest BCUT2D eigenvalue weighted by atomic mass is 9.93. The zero-order chi connectivity index (χ0) is 14.8. The van der Waals surface area contributed by atoms with Crippen LogP contribution in [0.2, 0.25) is 5.02 Å². The van der Waals surface area contributed by atoms with Crippen LogP contribution in [0.5, 0.6) is 0 Å². The molecule has 0 unspecified atom stereocenters. The molecule has 1 saturated heterocycles. The molecule has 1 N–H and O–H groups in total. The van der Waals surface area contributed by atoms with Crippen LogP contribution in [-0.4, -0.2) is 18.6 Å². The van der Waals surface area contributed by atoms with Crippen molar-refractivity contribution in [2.75, 3.05) is 6.61 Å². The molecule has 1 aromatic carbocycles. The van der Waals surface area contributed by atoms with E-state index in [1.807, 2.05) is 18.2 Å². The van der Waals surface area contributed by atoms with Crippen LogP contribution in [0.1, 0.15) is 31.9 Å². The van der Waals surface area contributed by atoms with Gasteiger partial charge in [0.2, 0.25) is 5.91 Å². The number of halogens is 1. The normalized spacial score (nSPS) is 22.3. The van der Waals surface area contributed by atoms with Crippen molar-refractivity contribution >= 4 is 17.5 Å². The molecule has 4 nitrogen and oxygen atoms in total. The summed E-state index contributed by atoms with van der Waals surface area (Å²) in [5.74, 6) is -0.269. The zero-order valence-electron chi connectivity index (χ0n) is 11.5. The number of amides is 1. The lowest BCUT2D eigenvalue weighted by Gasteiger charge is -2.23. The van der Waals surface area contributed by atoms with Gasteiger partial charge in [-0.25, -0.2) is 0 Å². The molecule has 1 heterocycles. The number of carbonyl (C=O) groups is 1. The number of ether oxygens (including phenoxy) is 1. The Morgan fingerprint density at radius 3 is 2.70 bits per heavy atom. The molecule has 1 amide bonds. The van der Waals surface area contributed by atoms with E-state index in [1.165, 1.54) is 0 Å². The highest BCUT2D eigenvalue weighted by atomic mass is 35.5. The van der Waals surface area contributed by atoms with Gasteiger partial charge in [0.15, 0.2) is 0 Å². The fraction of sp³-hybridized carbons (Fsp3) is 0.467. The van der Waals surface area contributed by atoms with Gasteiger partial charge in [0, 0.05) is 11.6 Å². The van der Waals surface area contributed by atoms with Gasteiger partial charge < -0.3 is 10.1 Å². The van der Waals surface area contributed by atoms with Crippen molar-refractivity contribution in [3.8, 4) is 6.07 Å². The number of nitriles is 1. The van der Waals surface area contributed by atoms with E-state index in [0.29, 0.717) is 11.6 Å². The van der Waals surface area contributed by atoms with Gasteiger partial charge in [0.05, 0.1) is 12.1 Å². The number of benzene rings is 1. The van der Waals surface area contributed by atoms with E-state index in [0.717, 1.165) is 12.0 Å². The largest absolute Gasteiger partial charge is 0.371 e. The van der Waals surface area contributed by atoms with Gasteiger partial charge in [-0.05, 0) is 38.0 Å². The minimum Gasteiger partial charge on any atom is -0.371 e. The van der Waals surface area contributed by atoms with Gasteiger partial charge in [-0.2, -0.15) is 5.26 Å². The van der Waals surface area contributed by atoms with Gasteiger partial charge in [-0.15, -0.1) is 0 Å². The standard InChI is InChI=1S/C15H17ClN2O2/c1-15(2,9-17)14(19)18-12-7-8-20-13(12)10-3-5-11(16)6-4-10/h3-6,12-13H,7-8H2,1-2H3,(H,18,19)/t12-,13+/m1/s1. The maximum atomic E-state index is 12.1. The SMILES string of the molecule is CC(C)(C#N)C(=O)N[C@@H]1CCO[C@H]1c1ccc(Cl)cc1. The quantitative estimate of drug-likeness (QED) is 0.932. The molecule has 0 aliphatic carbocycles. The Morgan fingerprint density at radius 2 is 2.10 bits per heavy atom. The molecule has 0 bridgehead atoms. The number of hydrogen-bond acceptors (Lipinski definition) is 3. The molecule has 0 saturated carbocycles. The molecule has 2 rings (SSSR count). The van der Waals surface area contributed by atoms with Crippen LogP contribution in [-0.2, 0) is 9.53 Å². The fourth-order valence-electron chi connectivity index (χ4n) is 2.12. The maximum Gasteiger partial charge on any atom is 0.240 e. The molecule has 1 aliphatic rings. The summed E-state index contributed by atoms with van der Waals surface area (Å²) in [7, 11) is 0. The average molecular weight is 293 g/mol. The van der Waals surface area contributed by atoms with Crippen molar-refractivity contribution in [1.29, 1.82) is 5.26 Å². The number of rotatable bonds is 3. The second kappa shape index (κ2) is 5.82. The summed E-state index contributed by atoms with van der Waals surface area (Å²) in [6.07, 6.45) is 0.547. The Morgan fingerprint density at radius 1 is 1.45 bits per heavy atom. The van der Waals surface area contributed by atoms with E-state index >= 15 is 0 Å². The predicted molar refractivity (Wildman–Crippen MR) is 76.1 cm³/mol. The van der Waals surface area contributed by atoms with Crippen molar-refractivity contribution in [2.24, 2.45) is 5.41 Å². The van der Waals surface area contributed by atoms with E-state index in [4.69, 9.17) is 21.6 Å². The van der Waals surface area contributed by atoms with E-state index in [-0.39, 0.29) is 18.1 Å². The van der Waals surface area contributed by atoms with Crippen LogP contribution in [0.3, 0.4) is 0 Å². The molecule has 0 radical (unpaired) electrons. The van der Waals surface area contributed by atoms with Gasteiger partial charge in [0.1, 0.15) is 11.5 Å². The first kappa shape index (κ1) is 14.8. The Bertz CT molecular complexity index is 534. The monoisotopic (exact) mass is 292 g/mol. The van der Waals surface area contributed by atoms with Gasteiger partial charge >= 0.3 is 0 Å². The Labute approximate surface area is 123 Å². The van der Waals surface area contributed by atoms with E-state index in [9.17, 15) is 4.79 Å². The number of carbonyl (C=O) groups excluding carboxylic acids is 1. The average Bonchev–Trinajstić information content (AvgIpc) is 2.87. The highest BCUT2D eigenvalue weighted by Gasteiger charge is 2.35. The highest BCUT2D eigenvalue weighted by molar-refractivity contribution is 6.30. The molecule has 1 aromatic rings. The molecule has 106 valence electrons. The number of hydrogen-bond donors (Lipinski definition) is 1. The van der Waals surface area contributed by atoms with Crippen LogP contribution < -0.4 is 5.32 Å². The molecule has 1 fully saturated rings. The third-order valence-electron chi connectivity index (χ3n) is 3.45. The summed E-state index contributed by atoms with van der Waals surface area (Å²) in [5, 5.41) is 12.6. The van der Waals surface area contributed by atoms with E-state index in [1.54, 1.807) is 26.0 Å². The number of nitrogens with one attached hydrogen (secondary N) is 1. The zero-order valence-corrected chi connectivity index (χ0v) is 12.3. The molecule has 5 heteroatoms. The molecule has 2 atom stereocenters. The molecule has 20 heavy (non-hydrogen) atoms. The first-order valence-corrected chi connectivity index (χ1v) is 6.91. The second-order valence-corrected chi connectivity index (χ2v) is 5.88. The number of nitrogens with zero attached hydrogens (tertiary/aromatic N) is 1. The van der Waals surface area contributed by atoms with E-state index < -0.39 is 5.41 Å². The fourth-order valence-corrected chi connectivity index (χ4v) is 2.24. The summed E-state index contributed by atoms with van der Waals surface area (Å²) < 4.78 is 5.70. The molecule has 0 aromatic heterocycles. The summed E-state index contributed by atoms with van der Waals surface area (Å²) in [5.41, 5.74) is -0.0559. The topological polar surface area (TPSA) is 62.1 Å². The van der Waals surface area contributed by atoms with Gasteiger partial charge in [-0.1, -0.05) is 23.7 Å². The van der Waals surface area contributed by atoms with Crippen molar-refractivity contribution in [3.05, 3.63) is 34.9 Å². The van der Waals surface area contributed by atoms with Crippen LogP contribution in [0.4, 0.5) is 0 Å².